The van der Waals surface area contributed by atoms with Gasteiger partial charge in [-0.3, -0.25) is 4.90 Å². The second-order valence-electron chi connectivity index (χ2n) is 5.15. The fraction of sp³-hybridized carbons (Fsp3) is 0.400. The highest BCUT2D eigenvalue weighted by Crippen LogP contribution is 2.24. The summed E-state index contributed by atoms with van der Waals surface area (Å²) in [5, 5.41) is 2.80. The molecule has 0 spiro atoms. The van der Waals surface area contributed by atoms with Gasteiger partial charge in [0.15, 0.2) is 0 Å². The van der Waals surface area contributed by atoms with Crippen LogP contribution in [0.2, 0.25) is 0 Å². The molecule has 0 radical (unpaired) electrons. The van der Waals surface area contributed by atoms with Crippen molar-refractivity contribution in [3.63, 3.8) is 0 Å². The Morgan fingerprint density at radius 1 is 1.27 bits per heavy atom. The Morgan fingerprint density at radius 2 is 1.95 bits per heavy atom. The monoisotopic (exact) mass is 342 g/mol. The summed E-state index contributed by atoms with van der Waals surface area (Å²) >= 11 is 1.51. The molecule has 0 saturated heterocycles. The van der Waals surface area contributed by atoms with Gasteiger partial charge in [0.25, 0.3) is 0 Å². The number of halogens is 1. The standard InChI is InChI=1S/C15H19FN2O2S2/c1-3-18(8-9-22(2,19)20)10-14-11-21-15(17-14)12-4-6-13(16)7-5-12/h4-7,11H,3,8-10H2,1-2H3. The van der Waals surface area contributed by atoms with E-state index < -0.39 is 9.84 Å². The van der Waals surface area contributed by atoms with Gasteiger partial charge >= 0.3 is 0 Å². The Kier molecular flexibility index (Phi) is 5.66. The summed E-state index contributed by atoms with van der Waals surface area (Å²) in [5.41, 5.74) is 1.79. The van der Waals surface area contributed by atoms with Crippen molar-refractivity contribution >= 4 is 21.2 Å². The van der Waals surface area contributed by atoms with Crippen molar-refractivity contribution in [3.8, 4) is 10.6 Å². The lowest BCUT2D eigenvalue weighted by Crippen LogP contribution is -2.28. The van der Waals surface area contributed by atoms with Crippen molar-refractivity contribution in [1.82, 2.24) is 9.88 Å². The van der Waals surface area contributed by atoms with Gasteiger partial charge < -0.3 is 0 Å². The van der Waals surface area contributed by atoms with Crippen molar-refractivity contribution in [2.75, 3.05) is 25.1 Å². The maximum absolute atomic E-state index is 12.9. The van der Waals surface area contributed by atoms with Crippen LogP contribution < -0.4 is 0 Å². The molecule has 4 nitrogen and oxygen atoms in total. The third-order valence-electron chi connectivity index (χ3n) is 3.25. The first kappa shape index (κ1) is 17.1. The van der Waals surface area contributed by atoms with E-state index in [1.165, 1.54) is 29.7 Å². The summed E-state index contributed by atoms with van der Waals surface area (Å²) in [4.78, 5) is 6.59. The van der Waals surface area contributed by atoms with E-state index in [0.717, 1.165) is 22.8 Å². The van der Waals surface area contributed by atoms with Gasteiger partial charge in [-0.25, -0.2) is 17.8 Å². The molecule has 0 atom stereocenters. The summed E-state index contributed by atoms with van der Waals surface area (Å²) in [5.74, 6) is -0.117. The smallest absolute Gasteiger partial charge is 0.148 e. The van der Waals surface area contributed by atoms with Crippen LogP contribution >= 0.6 is 11.3 Å². The predicted molar refractivity (Wildman–Crippen MR) is 88.2 cm³/mol. The molecule has 22 heavy (non-hydrogen) atoms. The average Bonchev–Trinajstić information content (AvgIpc) is 2.91. The summed E-state index contributed by atoms with van der Waals surface area (Å²) < 4.78 is 35.4. The first-order valence-electron chi connectivity index (χ1n) is 6.98. The zero-order valence-electron chi connectivity index (χ0n) is 12.6. The summed E-state index contributed by atoms with van der Waals surface area (Å²) in [7, 11) is -2.96. The van der Waals surface area contributed by atoms with Crippen LogP contribution in [0.15, 0.2) is 29.6 Å². The normalized spacial score (nSPS) is 12.0. The summed E-state index contributed by atoms with van der Waals surface area (Å²) in [6.45, 7) is 3.87. The minimum absolute atomic E-state index is 0.149. The van der Waals surface area contributed by atoms with Gasteiger partial charge in [-0.1, -0.05) is 6.92 Å². The molecular formula is C15H19FN2O2S2. The van der Waals surface area contributed by atoms with Crippen LogP contribution in [0.25, 0.3) is 10.6 Å². The van der Waals surface area contributed by atoms with Crippen molar-refractivity contribution < 1.29 is 12.8 Å². The van der Waals surface area contributed by atoms with Gasteiger partial charge in [0.1, 0.15) is 20.7 Å². The Bertz CT molecular complexity index is 711. The van der Waals surface area contributed by atoms with Crippen LogP contribution in [0.4, 0.5) is 4.39 Å². The molecule has 0 aliphatic carbocycles. The molecule has 0 bridgehead atoms. The lowest BCUT2D eigenvalue weighted by molar-refractivity contribution is 0.294. The number of hydrogen-bond acceptors (Lipinski definition) is 5. The molecule has 2 aromatic rings. The molecule has 2 rings (SSSR count). The molecule has 0 saturated carbocycles. The molecule has 0 amide bonds. The summed E-state index contributed by atoms with van der Waals surface area (Å²) in [6, 6.07) is 6.25. The molecule has 0 N–H and O–H groups in total. The maximum Gasteiger partial charge on any atom is 0.148 e. The molecule has 0 fully saturated rings. The van der Waals surface area contributed by atoms with E-state index in [0.29, 0.717) is 13.1 Å². The number of sulfone groups is 1. The van der Waals surface area contributed by atoms with E-state index in [-0.39, 0.29) is 11.6 Å². The average molecular weight is 342 g/mol. The molecule has 0 aliphatic heterocycles. The van der Waals surface area contributed by atoms with E-state index in [1.54, 1.807) is 12.1 Å². The van der Waals surface area contributed by atoms with Crippen LogP contribution in [0, 0.1) is 5.82 Å². The van der Waals surface area contributed by atoms with Gasteiger partial charge in [0.2, 0.25) is 0 Å². The minimum Gasteiger partial charge on any atom is -0.297 e. The zero-order chi connectivity index (χ0) is 16.2. The predicted octanol–water partition coefficient (Wildman–Crippen LogP) is 2.82. The highest BCUT2D eigenvalue weighted by atomic mass is 32.2. The maximum atomic E-state index is 12.9. The molecule has 1 aromatic heterocycles. The van der Waals surface area contributed by atoms with E-state index >= 15 is 0 Å². The van der Waals surface area contributed by atoms with Gasteiger partial charge in [0.05, 0.1) is 11.4 Å². The molecule has 1 heterocycles. The Morgan fingerprint density at radius 3 is 2.55 bits per heavy atom. The molecule has 1 aromatic carbocycles. The lowest BCUT2D eigenvalue weighted by atomic mass is 10.2. The van der Waals surface area contributed by atoms with E-state index in [9.17, 15) is 12.8 Å². The lowest BCUT2D eigenvalue weighted by Gasteiger charge is -2.18. The highest BCUT2D eigenvalue weighted by Gasteiger charge is 2.11. The molecule has 0 unspecified atom stereocenters. The van der Waals surface area contributed by atoms with Crippen LogP contribution in [-0.4, -0.2) is 43.4 Å². The van der Waals surface area contributed by atoms with Crippen molar-refractivity contribution in [2.45, 2.75) is 13.5 Å². The molecule has 7 heteroatoms. The van der Waals surface area contributed by atoms with E-state index in [1.807, 2.05) is 17.2 Å². The number of rotatable bonds is 7. The number of thiazole rings is 1. The largest absolute Gasteiger partial charge is 0.297 e. The Hall–Kier alpha value is -1.31. The van der Waals surface area contributed by atoms with Crippen LogP contribution in [0.3, 0.4) is 0 Å². The minimum atomic E-state index is -2.96. The van der Waals surface area contributed by atoms with Crippen molar-refractivity contribution in [3.05, 3.63) is 41.2 Å². The first-order valence-corrected chi connectivity index (χ1v) is 9.92. The number of benzene rings is 1. The fourth-order valence-electron chi connectivity index (χ4n) is 1.98. The first-order chi connectivity index (χ1) is 10.4. The molecule has 120 valence electrons. The third kappa shape index (κ3) is 5.15. The molecular weight excluding hydrogens is 323 g/mol. The van der Waals surface area contributed by atoms with E-state index in [2.05, 4.69) is 4.98 Å². The van der Waals surface area contributed by atoms with Crippen LogP contribution in [0.1, 0.15) is 12.6 Å². The van der Waals surface area contributed by atoms with Gasteiger partial charge in [-0.2, -0.15) is 0 Å². The highest BCUT2D eigenvalue weighted by molar-refractivity contribution is 7.90. The Labute approximate surface area is 134 Å². The van der Waals surface area contributed by atoms with Crippen molar-refractivity contribution in [2.24, 2.45) is 0 Å². The fourth-order valence-corrected chi connectivity index (χ4v) is 3.38. The third-order valence-corrected chi connectivity index (χ3v) is 5.12. The quantitative estimate of drug-likeness (QED) is 0.776. The zero-order valence-corrected chi connectivity index (χ0v) is 14.3. The number of aromatic nitrogens is 1. The second-order valence-corrected chi connectivity index (χ2v) is 8.27. The van der Waals surface area contributed by atoms with Crippen LogP contribution in [-0.2, 0) is 16.4 Å². The Balaban J connectivity index is 2.02. The second kappa shape index (κ2) is 7.30. The van der Waals surface area contributed by atoms with Crippen molar-refractivity contribution in [1.29, 1.82) is 0 Å². The topological polar surface area (TPSA) is 50.3 Å². The SMILES string of the molecule is CCN(CCS(C)(=O)=O)Cc1csc(-c2ccc(F)cc2)n1. The van der Waals surface area contributed by atoms with Gasteiger partial charge in [0, 0.05) is 30.3 Å². The number of hydrogen-bond donors (Lipinski definition) is 0. The van der Waals surface area contributed by atoms with Gasteiger partial charge in [-0.05, 0) is 30.8 Å². The summed E-state index contributed by atoms with van der Waals surface area (Å²) in [6.07, 6.45) is 1.25. The van der Waals surface area contributed by atoms with E-state index in [4.69, 9.17) is 0 Å². The van der Waals surface area contributed by atoms with Crippen LogP contribution in [0.5, 0.6) is 0 Å². The van der Waals surface area contributed by atoms with Gasteiger partial charge in [-0.15, -0.1) is 11.3 Å². The molecule has 0 aliphatic rings. The number of nitrogens with zero attached hydrogens (tertiary/aromatic N) is 2.